The van der Waals surface area contributed by atoms with Crippen LogP contribution < -0.4 is 0 Å². The van der Waals surface area contributed by atoms with Gasteiger partial charge >= 0.3 is 5.97 Å². The summed E-state index contributed by atoms with van der Waals surface area (Å²) in [5.41, 5.74) is 1.10. The van der Waals surface area contributed by atoms with Crippen molar-refractivity contribution in [1.82, 2.24) is 9.88 Å². The molecular formula is C14H18N2O3S. The maximum Gasteiger partial charge on any atom is 0.335 e. The van der Waals surface area contributed by atoms with Gasteiger partial charge in [-0.1, -0.05) is 23.9 Å². The molecule has 1 aromatic heterocycles. The number of rotatable bonds is 7. The van der Waals surface area contributed by atoms with E-state index in [4.69, 9.17) is 5.11 Å². The Kier molecular flexibility index (Phi) is 6.24. The lowest BCUT2D eigenvalue weighted by atomic mass is 10.3. The molecule has 1 rings (SSSR count). The van der Waals surface area contributed by atoms with E-state index >= 15 is 0 Å². The number of aromatic carboxylic acids is 1. The molecule has 0 radical (unpaired) electrons. The van der Waals surface area contributed by atoms with Gasteiger partial charge in [0.2, 0.25) is 5.91 Å². The number of carbonyl (C=O) groups excluding carboxylic acids is 1. The molecule has 1 amide bonds. The standard InChI is InChI=1S/C14H18N2O3S/c1-4-16(8-10(2)3)13(17)9-20-12-7-11(14(18)19)5-6-15-12/h5-7H,2,4,8-9H2,1,3H3,(H,18,19). The van der Waals surface area contributed by atoms with Crippen molar-refractivity contribution in [2.75, 3.05) is 18.8 Å². The number of aromatic nitrogens is 1. The van der Waals surface area contributed by atoms with Gasteiger partial charge in [0.1, 0.15) is 0 Å². The fourth-order valence-corrected chi connectivity index (χ4v) is 2.35. The maximum absolute atomic E-state index is 12.0. The van der Waals surface area contributed by atoms with Crippen molar-refractivity contribution >= 4 is 23.6 Å². The predicted molar refractivity (Wildman–Crippen MR) is 79.0 cm³/mol. The quantitative estimate of drug-likeness (QED) is 0.617. The molecule has 1 heterocycles. The summed E-state index contributed by atoms with van der Waals surface area (Å²) in [6.07, 6.45) is 1.43. The van der Waals surface area contributed by atoms with Gasteiger partial charge in [0, 0.05) is 19.3 Å². The summed E-state index contributed by atoms with van der Waals surface area (Å²) >= 11 is 1.24. The van der Waals surface area contributed by atoms with E-state index < -0.39 is 5.97 Å². The molecular weight excluding hydrogens is 276 g/mol. The molecule has 0 bridgehead atoms. The topological polar surface area (TPSA) is 70.5 Å². The normalized spacial score (nSPS) is 10.1. The van der Waals surface area contributed by atoms with Crippen LogP contribution in [0.2, 0.25) is 0 Å². The molecule has 0 aliphatic carbocycles. The Balaban J connectivity index is 2.62. The minimum atomic E-state index is -1.00. The van der Waals surface area contributed by atoms with E-state index in [1.54, 1.807) is 4.90 Å². The second-order valence-electron chi connectivity index (χ2n) is 4.34. The fraction of sp³-hybridized carbons (Fsp3) is 0.357. The Bertz CT molecular complexity index is 517. The highest BCUT2D eigenvalue weighted by atomic mass is 32.2. The lowest BCUT2D eigenvalue weighted by molar-refractivity contribution is -0.127. The summed E-state index contributed by atoms with van der Waals surface area (Å²) in [5, 5.41) is 9.42. The fourth-order valence-electron chi connectivity index (χ4n) is 1.55. The molecule has 0 fully saturated rings. The smallest absolute Gasteiger partial charge is 0.335 e. The summed E-state index contributed by atoms with van der Waals surface area (Å²) in [4.78, 5) is 28.6. The summed E-state index contributed by atoms with van der Waals surface area (Å²) in [6.45, 7) is 8.74. The van der Waals surface area contributed by atoms with Gasteiger partial charge in [0.25, 0.3) is 0 Å². The van der Waals surface area contributed by atoms with Gasteiger partial charge in [-0.25, -0.2) is 9.78 Å². The number of amides is 1. The third-order valence-corrected chi connectivity index (χ3v) is 3.43. The third kappa shape index (κ3) is 5.05. The predicted octanol–water partition coefficient (Wildman–Crippen LogP) is 2.30. The van der Waals surface area contributed by atoms with Crippen LogP contribution >= 0.6 is 11.8 Å². The van der Waals surface area contributed by atoms with Crippen molar-refractivity contribution in [2.24, 2.45) is 0 Å². The first-order valence-electron chi connectivity index (χ1n) is 6.18. The summed E-state index contributed by atoms with van der Waals surface area (Å²) < 4.78 is 0. The van der Waals surface area contributed by atoms with E-state index in [0.29, 0.717) is 18.1 Å². The summed E-state index contributed by atoms with van der Waals surface area (Å²) in [5.74, 6) is -0.780. The Morgan fingerprint density at radius 1 is 1.50 bits per heavy atom. The van der Waals surface area contributed by atoms with Crippen LogP contribution in [0, 0.1) is 0 Å². The molecule has 0 aliphatic heterocycles. The Hall–Kier alpha value is -1.82. The molecule has 0 atom stereocenters. The lowest BCUT2D eigenvalue weighted by Crippen LogP contribution is -2.33. The van der Waals surface area contributed by atoms with Crippen LogP contribution in [0.5, 0.6) is 0 Å². The van der Waals surface area contributed by atoms with Crippen LogP contribution in [0.15, 0.2) is 35.5 Å². The van der Waals surface area contributed by atoms with Crippen molar-refractivity contribution in [1.29, 1.82) is 0 Å². The number of hydrogen-bond acceptors (Lipinski definition) is 4. The summed E-state index contributed by atoms with van der Waals surface area (Å²) in [6, 6.07) is 2.89. The Morgan fingerprint density at radius 2 is 2.20 bits per heavy atom. The molecule has 0 saturated heterocycles. The number of likely N-dealkylation sites (N-methyl/N-ethyl adjacent to an activating group) is 1. The summed E-state index contributed by atoms with van der Waals surface area (Å²) in [7, 11) is 0. The molecule has 1 aromatic rings. The van der Waals surface area contributed by atoms with Crippen molar-refractivity contribution in [3.05, 3.63) is 36.0 Å². The van der Waals surface area contributed by atoms with Gasteiger partial charge < -0.3 is 10.0 Å². The van der Waals surface area contributed by atoms with E-state index in [0.717, 1.165) is 5.57 Å². The second-order valence-corrected chi connectivity index (χ2v) is 5.34. The van der Waals surface area contributed by atoms with Crippen LogP contribution in [-0.2, 0) is 4.79 Å². The average Bonchev–Trinajstić information content (AvgIpc) is 2.42. The van der Waals surface area contributed by atoms with Crippen LogP contribution in [0.1, 0.15) is 24.2 Å². The van der Waals surface area contributed by atoms with Gasteiger partial charge in [-0.15, -0.1) is 0 Å². The highest BCUT2D eigenvalue weighted by Crippen LogP contribution is 2.17. The van der Waals surface area contributed by atoms with Crippen LogP contribution in [0.4, 0.5) is 0 Å². The number of carboxylic acid groups (broad SMARTS) is 1. The van der Waals surface area contributed by atoms with E-state index in [1.807, 2.05) is 13.8 Å². The van der Waals surface area contributed by atoms with E-state index in [-0.39, 0.29) is 17.2 Å². The van der Waals surface area contributed by atoms with E-state index in [9.17, 15) is 9.59 Å². The van der Waals surface area contributed by atoms with Gasteiger partial charge in [-0.2, -0.15) is 0 Å². The highest BCUT2D eigenvalue weighted by molar-refractivity contribution is 7.99. The van der Waals surface area contributed by atoms with Crippen molar-refractivity contribution in [2.45, 2.75) is 18.9 Å². The molecule has 108 valence electrons. The molecule has 0 unspecified atom stereocenters. The van der Waals surface area contributed by atoms with Crippen LogP contribution in [0.25, 0.3) is 0 Å². The van der Waals surface area contributed by atoms with Crippen LogP contribution in [-0.4, -0.2) is 45.7 Å². The van der Waals surface area contributed by atoms with E-state index in [2.05, 4.69) is 11.6 Å². The van der Waals surface area contributed by atoms with Gasteiger partial charge in [-0.3, -0.25) is 4.79 Å². The number of thioether (sulfide) groups is 1. The zero-order chi connectivity index (χ0) is 15.1. The Morgan fingerprint density at radius 3 is 2.75 bits per heavy atom. The van der Waals surface area contributed by atoms with Gasteiger partial charge in [0.15, 0.2) is 0 Å². The van der Waals surface area contributed by atoms with Crippen molar-refractivity contribution in [3.8, 4) is 0 Å². The zero-order valence-corrected chi connectivity index (χ0v) is 12.4. The van der Waals surface area contributed by atoms with Gasteiger partial charge in [-0.05, 0) is 26.0 Å². The number of pyridine rings is 1. The first-order valence-corrected chi connectivity index (χ1v) is 7.17. The number of nitrogens with zero attached hydrogens (tertiary/aromatic N) is 2. The average molecular weight is 294 g/mol. The minimum Gasteiger partial charge on any atom is -0.478 e. The molecule has 20 heavy (non-hydrogen) atoms. The second kappa shape index (κ2) is 7.69. The van der Waals surface area contributed by atoms with Crippen molar-refractivity contribution in [3.63, 3.8) is 0 Å². The number of hydrogen-bond donors (Lipinski definition) is 1. The maximum atomic E-state index is 12.0. The molecule has 1 N–H and O–H groups in total. The van der Waals surface area contributed by atoms with E-state index in [1.165, 1.54) is 30.1 Å². The SMILES string of the molecule is C=C(C)CN(CC)C(=O)CSc1cc(C(=O)O)ccn1. The zero-order valence-electron chi connectivity index (χ0n) is 11.6. The molecule has 0 saturated carbocycles. The minimum absolute atomic E-state index is 0.0111. The first-order chi connectivity index (χ1) is 9.43. The van der Waals surface area contributed by atoms with Gasteiger partial charge in [0.05, 0.1) is 16.3 Å². The monoisotopic (exact) mass is 294 g/mol. The Labute approximate surface area is 122 Å². The van der Waals surface area contributed by atoms with Crippen LogP contribution in [0.3, 0.4) is 0 Å². The molecule has 6 heteroatoms. The highest BCUT2D eigenvalue weighted by Gasteiger charge is 2.13. The molecule has 0 aromatic carbocycles. The molecule has 5 nitrogen and oxygen atoms in total. The first kappa shape index (κ1) is 16.2. The number of carbonyl (C=O) groups is 2. The van der Waals surface area contributed by atoms with Crippen molar-refractivity contribution < 1.29 is 14.7 Å². The molecule has 0 aliphatic rings. The largest absolute Gasteiger partial charge is 0.478 e. The number of carboxylic acids is 1. The molecule has 0 spiro atoms. The lowest BCUT2D eigenvalue weighted by Gasteiger charge is -2.20. The third-order valence-electron chi connectivity index (χ3n) is 2.52.